The van der Waals surface area contributed by atoms with Crippen molar-refractivity contribution < 1.29 is 28.2 Å². The number of anilines is 1. The Hall–Kier alpha value is -3.72. The van der Waals surface area contributed by atoms with Gasteiger partial charge in [0.1, 0.15) is 28.7 Å². The summed E-state index contributed by atoms with van der Waals surface area (Å²) in [5.74, 6) is -1.97. The molecule has 0 aliphatic heterocycles. The van der Waals surface area contributed by atoms with Gasteiger partial charge >= 0.3 is 5.97 Å². The Kier molecular flexibility index (Phi) is 6.69. The number of fused-ring (bicyclic) bond motifs is 1. The first-order chi connectivity index (χ1) is 15.9. The molecule has 3 aromatic rings. The van der Waals surface area contributed by atoms with Crippen LogP contribution in [0.4, 0.5) is 9.39 Å². The number of ether oxygens (including phenoxy) is 2. The van der Waals surface area contributed by atoms with Crippen molar-refractivity contribution >= 4 is 34.1 Å². The van der Waals surface area contributed by atoms with E-state index >= 15 is 0 Å². The van der Waals surface area contributed by atoms with Crippen LogP contribution in [-0.2, 0) is 29.0 Å². The minimum absolute atomic E-state index is 0.129. The van der Waals surface area contributed by atoms with E-state index in [1.165, 1.54) is 29.5 Å². The van der Waals surface area contributed by atoms with Crippen LogP contribution in [0.1, 0.15) is 43.1 Å². The van der Waals surface area contributed by atoms with Gasteiger partial charge in [-0.25, -0.2) is 9.18 Å². The molecule has 1 aromatic heterocycles. The van der Waals surface area contributed by atoms with Gasteiger partial charge in [-0.15, -0.1) is 11.3 Å². The highest BCUT2D eigenvalue weighted by atomic mass is 32.1. The summed E-state index contributed by atoms with van der Waals surface area (Å²) >= 11 is 1.33. The highest BCUT2D eigenvalue weighted by Gasteiger charge is 2.26. The second-order valence-corrected chi connectivity index (χ2v) is 8.57. The number of nitrogens with one attached hydrogen (secondary N) is 1. The van der Waals surface area contributed by atoms with E-state index in [2.05, 4.69) is 5.32 Å². The van der Waals surface area contributed by atoms with E-state index in [1.54, 1.807) is 30.3 Å². The number of halogens is 1. The number of para-hydroxylation sites is 1. The topological polar surface area (TPSA) is 108 Å². The molecule has 2 amide bonds. The zero-order valence-corrected chi connectivity index (χ0v) is 18.4. The monoisotopic (exact) mass is 468 g/mol. The standard InChI is InChI=1S/C24H21FN2O5S/c25-15-10-8-14(9-11-15)12-31-18-6-2-1-4-16(18)24(30)32-13-20(28)27-23-21(22(26)29)17-5-3-7-19(17)33-23/h1-2,4,6,8-11H,3,5,7,12-13H2,(H2,26,29)(H,27,28). The van der Waals surface area contributed by atoms with Crippen molar-refractivity contribution in [2.24, 2.45) is 5.73 Å². The van der Waals surface area contributed by atoms with Crippen molar-refractivity contribution in [3.63, 3.8) is 0 Å². The lowest BCUT2D eigenvalue weighted by Gasteiger charge is -2.11. The second-order valence-electron chi connectivity index (χ2n) is 7.46. The molecule has 0 bridgehead atoms. The number of hydrogen-bond acceptors (Lipinski definition) is 6. The molecule has 7 nitrogen and oxygen atoms in total. The normalized spacial score (nSPS) is 12.2. The maximum atomic E-state index is 13.1. The molecule has 0 fully saturated rings. The van der Waals surface area contributed by atoms with Crippen molar-refractivity contribution in [1.29, 1.82) is 0 Å². The highest BCUT2D eigenvalue weighted by molar-refractivity contribution is 7.17. The molecule has 1 aliphatic rings. The minimum atomic E-state index is -0.733. The predicted octanol–water partition coefficient (Wildman–Crippen LogP) is 3.85. The summed E-state index contributed by atoms with van der Waals surface area (Å²) in [6, 6.07) is 12.3. The number of carbonyl (C=O) groups is 3. The molecule has 1 aliphatic carbocycles. The number of nitrogens with two attached hydrogens (primary N) is 1. The number of rotatable bonds is 8. The fraction of sp³-hybridized carbons (Fsp3) is 0.208. The molecule has 4 rings (SSSR count). The molecular weight excluding hydrogens is 447 g/mol. The van der Waals surface area contributed by atoms with Crippen LogP contribution in [0.25, 0.3) is 0 Å². The smallest absolute Gasteiger partial charge is 0.342 e. The van der Waals surface area contributed by atoms with E-state index in [4.69, 9.17) is 15.2 Å². The number of carbonyl (C=O) groups excluding carboxylic acids is 3. The Morgan fingerprint density at radius 2 is 1.82 bits per heavy atom. The zero-order valence-electron chi connectivity index (χ0n) is 17.6. The Morgan fingerprint density at radius 3 is 2.58 bits per heavy atom. The van der Waals surface area contributed by atoms with Crippen molar-refractivity contribution in [2.45, 2.75) is 25.9 Å². The molecule has 0 saturated heterocycles. The van der Waals surface area contributed by atoms with Crippen molar-refractivity contribution in [1.82, 2.24) is 0 Å². The van der Waals surface area contributed by atoms with Gasteiger partial charge in [0, 0.05) is 4.88 Å². The van der Waals surface area contributed by atoms with Crippen LogP contribution < -0.4 is 15.8 Å². The number of hydrogen-bond donors (Lipinski definition) is 2. The van der Waals surface area contributed by atoms with E-state index in [1.807, 2.05) is 0 Å². The molecule has 0 spiro atoms. The zero-order chi connectivity index (χ0) is 23.4. The lowest BCUT2D eigenvalue weighted by molar-refractivity contribution is -0.119. The number of aryl methyl sites for hydroxylation is 1. The number of esters is 1. The number of thiophene rings is 1. The van der Waals surface area contributed by atoms with Crippen LogP contribution in [0.5, 0.6) is 5.75 Å². The Labute approximate surface area is 193 Å². The number of amides is 2. The van der Waals surface area contributed by atoms with Crippen molar-refractivity contribution in [3.05, 3.63) is 81.5 Å². The molecule has 1 heterocycles. The lowest BCUT2D eigenvalue weighted by atomic mass is 10.1. The maximum absolute atomic E-state index is 13.1. The molecule has 9 heteroatoms. The van der Waals surface area contributed by atoms with Crippen LogP contribution >= 0.6 is 11.3 Å². The van der Waals surface area contributed by atoms with Gasteiger partial charge < -0.3 is 20.5 Å². The third-order valence-corrected chi connectivity index (χ3v) is 6.38. The van der Waals surface area contributed by atoms with Gasteiger partial charge in [-0.3, -0.25) is 9.59 Å². The average molecular weight is 469 g/mol. The molecule has 2 aromatic carbocycles. The van der Waals surface area contributed by atoms with E-state index in [0.29, 0.717) is 10.6 Å². The lowest BCUT2D eigenvalue weighted by Crippen LogP contribution is -2.23. The maximum Gasteiger partial charge on any atom is 0.342 e. The SMILES string of the molecule is NC(=O)c1c(NC(=O)COC(=O)c2ccccc2OCc2ccc(F)cc2)sc2c1CCC2. The van der Waals surface area contributed by atoms with Crippen molar-refractivity contribution in [2.75, 3.05) is 11.9 Å². The second kappa shape index (κ2) is 9.83. The summed E-state index contributed by atoms with van der Waals surface area (Å²) in [6.07, 6.45) is 2.55. The Morgan fingerprint density at radius 1 is 1.06 bits per heavy atom. The molecule has 170 valence electrons. The van der Waals surface area contributed by atoms with E-state index in [9.17, 15) is 18.8 Å². The van der Waals surface area contributed by atoms with Gasteiger partial charge in [0.15, 0.2) is 6.61 Å². The van der Waals surface area contributed by atoms with Crippen molar-refractivity contribution in [3.8, 4) is 5.75 Å². The van der Waals surface area contributed by atoms with E-state index in [0.717, 1.165) is 35.3 Å². The summed E-state index contributed by atoms with van der Waals surface area (Å²) in [5, 5.41) is 3.02. The third kappa shape index (κ3) is 5.20. The van der Waals surface area contributed by atoms with Crippen LogP contribution in [0.3, 0.4) is 0 Å². The van der Waals surface area contributed by atoms with Crippen LogP contribution in [0.2, 0.25) is 0 Å². The van der Waals surface area contributed by atoms with E-state index < -0.39 is 24.4 Å². The molecule has 0 atom stereocenters. The van der Waals surface area contributed by atoms with E-state index in [-0.39, 0.29) is 23.7 Å². The van der Waals surface area contributed by atoms with Gasteiger partial charge in [0.25, 0.3) is 11.8 Å². The summed E-state index contributed by atoms with van der Waals surface area (Å²) in [4.78, 5) is 37.8. The van der Waals surface area contributed by atoms with Gasteiger partial charge in [-0.05, 0) is 54.7 Å². The molecule has 0 unspecified atom stereocenters. The fourth-order valence-electron chi connectivity index (χ4n) is 3.63. The third-order valence-electron chi connectivity index (χ3n) is 5.17. The van der Waals surface area contributed by atoms with Gasteiger partial charge in [0.2, 0.25) is 0 Å². The molecular formula is C24H21FN2O5S. The summed E-state index contributed by atoms with van der Waals surface area (Å²) in [5.41, 5.74) is 7.62. The Balaban J connectivity index is 1.37. The Bertz CT molecular complexity index is 1210. The summed E-state index contributed by atoms with van der Waals surface area (Å²) < 4.78 is 23.9. The first-order valence-corrected chi connectivity index (χ1v) is 11.1. The minimum Gasteiger partial charge on any atom is -0.488 e. The first kappa shape index (κ1) is 22.5. The molecule has 0 radical (unpaired) electrons. The summed E-state index contributed by atoms with van der Waals surface area (Å²) in [6.45, 7) is -0.407. The number of primary amides is 1. The van der Waals surface area contributed by atoms with Gasteiger partial charge in [-0.1, -0.05) is 24.3 Å². The van der Waals surface area contributed by atoms with Crippen LogP contribution in [0.15, 0.2) is 48.5 Å². The average Bonchev–Trinajstić information content (AvgIpc) is 3.38. The molecule has 33 heavy (non-hydrogen) atoms. The largest absolute Gasteiger partial charge is 0.488 e. The predicted molar refractivity (Wildman–Crippen MR) is 121 cm³/mol. The van der Waals surface area contributed by atoms with Crippen LogP contribution in [0, 0.1) is 5.82 Å². The number of benzene rings is 2. The van der Waals surface area contributed by atoms with Gasteiger partial charge in [-0.2, -0.15) is 0 Å². The van der Waals surface area contributed by atoms with Gasteiger partial charge in [0.05, 0.1) is 5.56 Å². The molecule has 0 saturated carbocycles. The highest BCUT2D eigenvalue weighted by Crippen LogP contribution is 2.38. The summed E-state index contributed by atoms with van der Waals surface area (Å²) in [7, 11) is 0. The fourth-order valence-corrected chi connectivity index (χ4v) is 4.94. The van der Waals surface area contributed by atoms with Crippen LogP contribution in [-0.4, -0.2) is 24.4 Å². The first-order valence-electron chi connectivity index (χ1n) is 10.3. The quantitative estimate of drug-likeness (QED) is 0.488. The molecule has 3 N–H and O–H groups in total.